The molecular weight excluding hydrogens is 163 g/mol. The molecule has 0 aromatic rings. The molecule has 0 bridgehead atoms. The van der Waals surface area contributed by atoms with Gasteiger partial charge in [0.2, 0.25) is 0 Å². The van der Waals surface area contributed by atoms with Gasteiger partial charge in [-0.2, -0.15) is 0 Å². The monoisotopic (exact) mass is 180 g/mol. The molecule has 0 spiro atoms. The second-order valence-electron chi connectivity index (χ2n) is 2.27. The van der Waals surface area contributed by atoms with Crippen LogP contribution in [-0.2, 0) is 0 Å². The first-order valence-electron chi connectivity index (χ1n) is 3.39. The third-order valence-electron chi connectivity index (χ3n) is 0.949. The SMILES string of the molecule is CCCC[Se]C(C)C. The first kappa shape index (κ1) is 8.52. The molecule has 0 aliphatic carbocycles. The predicted octanol–water partition coefficient (Wildman–Crippen LogP) is 2.74. The predicted molar refractivity (Wildman–Crippen MR) is 40.6 cm³/mol. The van der Waals surface area contributed by atoms with Crippen LogP contribution in [0.2, 0.25) is 10.1 Å². The zero-order valence-electron chi connectivity index (χ0n) is 6.11. The van der Waals surface area contributed by atoms with Gasteiger partial charge in [0.05, 0.1) is 0 Å². The van der Waals surface area contributed by atoms with Crippen LogP contribution in [0, 0.1) is 0 Å². The summed E-state index contributed by atoms with van der Waals surface area (Å²) in [6, 6.07) is 0. The number of hydrogen-bond acceptors (Lipinski definition) is 0. The molecule has 0 atom stereocenters. The maximum absolute atomic E-state index is 2.32. The van der Waals surface area contributed by atoms with Crippen LogP contribution in [0.5, 0.6) is 0 Å². The molecule has 0 fully saturated rings. The van der Waals surface area contributed by atoms with Crippen LogP contribution in [0.25, 0.3) is 0 Å². The number of hydrogen-bond donors (Lipinski definition) is 0. The van der Waals surface area contributed by atoms with E-state index in [4.69, 9.17) is 0 Å². The first-order chi connectivity index (χ1) is 3.77. The first-order valence-corrected chi connectivity index (χ1v) is 5.59. The van der Waals surface area contributed by atoms with E-state index in [1.54, 1.807) is 0 Å². The van der Waals surface area contributed by atoms with Crippen molar-refractivity contribution in [3.05, 3.63) is 0 Å². The quantitative estimate of drug-likeness (QED) is 0.459. The van der Waals surface area contributed by atoms with E-state index in [0.717, 1.165) is 19.8 Å². The van der Waals surface area contributed by atoms with E-state index in [9.17, 15) is 0 Å². The molecule has 0 unspecified atom stereocenters. The van der Waals surface area contributed by atoms with Crippen molar-refractivity contribution in [2.45, 2.75) is 43.7 Å². The average Bonchev–Trinajstić information content (AvgIpc) is 1.66. The van der Waals surface area contributed by atoms with Gasteiger partial charge >= 0.3 is 58.7 Å². The van der Waals surface area contributed by atoms with Crippen LogP contribution < -0.4 is 0 Å². The Hall–Kier alpha value is 0.519. The molecule has 0 aliphatic heterocycles. The summed E-state index contributed by atoms with van der Waals surface area (Å²) in [4.78, 5) is 0.967. The molecule has 0 saturated heterocycles. The fourth-order valence-corrected chi connectivity index (χ4v) is 2.41. The molecule has 0 aliphatic rings. The summed E-state index contributed by atoms with van der Waals surface area (Å²) >= 11 is 0.927. The summed E-state index contributed by atoms with van der Waals surface area (Å²) in [5, 5.41) is 1.49. The Labute approximate surface area is 59.2 Å². The van der Waals surface area contributed by atoms with Gasteiger partial charge in [-0.15, -0.1) is 0 Å². The van der Waals surface area contributed by atoms with Gasteiger partial charge in [-0.25, -0.2) is 0 Å². The molecule has 0 radical (unpaired) electrons. The van der Waals surface area contributed by atoms with Crippen LogP contribution >= 0.6 is 0 Å². The van der Waals surface area contributed by atoms with Crippen molar-refractivity contribution in [2.24, 2.45) is 0 Å². The van der Waals surface area contributed by atoms with Gasteiger partial charge in [0.1, 0.15) is 0 Å². The minimum atomic E-state index is 0.927. The van der Waals surface area contributed by atoms with E-state index in [0.29, 0.717) is 0 Å². The molecule has 0 N–H and O–H groups in total. The summed E-state index contributed by atoms with van der Waals surface area (Å²) in [6.45, 7) is 6.89. The van der Waals surface area contributed by atoms with Crippen LogP contribution in [-0.4, -0.2) is 15.0 Å². The van der Waals surface area contributed by atoms with Crippen molar-refractivity contribution in [1.29, 1.82) is 0 Å². The number of rotatable bonds is 4. The Bertz CT molecular complexity index is 41.7. The third-order valence-corrected chi connectivity index (χ3v) is 3.45. The van der Waals surface area contributed by atoms with Crippen molar-refractivity contribution < 1.29 is 0 Å². The molecule has 50 valence electrons. The van der Waals surface area contributed by atoms with Crippen LogP contribution in [0.3, 0.4) is 0 Å². The van der Waals surface area contributed by atoms with Crippen LogP contribution in [0.15, 0.2) is 0 Å². The summed E-state index contributed by atoms with van der Waals surface area (Å²) < 4.78 is 0. The van der Waals surface area contributed by atoms with Gasteiger partial charge in [-0.3, -0.25) is 0 Å². The van der Waals surface area contributed by atoms with Gasteiger partial charge in [-0.05, 0) is 0 Å². The molecule has 0 amide bonds. The number of unbranched alkanes of at least 4 members (excludes halogenated alkanes) is 1. The van der Waals surface area contributed by atoms with E-state index in [-0.39, 0.29) is 0 Å². The fraction of sp³-hybridized carbons (Fsp3) is 1.00. The van der Waals surface area contributed by atoms with E-state index in [1.807, 2.05) is 0 Å². The van der Waals surface area contributed by atoms with E-state index in [1.165, 1.54) is 18.2 Å². The summed E-state index contributed by atoms with van der Waals surface area (Å²) in [7, 11) is 0. The normalized spacial score (nSPS) is 10.5. The molecule has 8 heavy (non-hydrogen) atoms. The fourth-order valence-electron chi connectivity index (χ4n) is 0.463. The Balaban J connectivity index is 2.72. The Kier molecular flexibility index (Phi) is 6.02. The van der Waals surface area contributed by atoms with E-state index >= 15 is 0 Å². The molecule has 0 saturated carbocycles. The minimum absolute atomic E-state index is 0.927. The van der Waals surface area contributed by atoms with Gasteiger partial charge in [-0.1, -0.05) is 0 Å². The average molecular weight is 179 g/mol. The molecule has 0 aromatic carbocycles. The second-order valence-corrected chi connectivity index (χ2v) is 5.81. The molecule has 0 heterocycles. The standard InChI is InChI=1S/C7H16Se/c1-4-5-6-8-7(2)3/h7H,4-6H2,1-3H3. The molecular formula is C7H16Se. The summed E-state index contributed by atoms with van der Waals surface area (Å²) in [5.41, 5.74) is 0. The van der Waals surface area contributed by atoms with Crippen LogP contribution in [0.1, 0.15) is 33.6 Å². The Morgan fingerprint density at radius 1 is 1.38 bits per heavy atom. The van der Waals surface area contributed by atoms with E-state index < -0.39 is 0 Å². The topological polar surface area (TPSA) is 0 Å². The summed E-state index contributed by atoms with van der Waals surface area (Å²) in [5.74, 6) is 0. The van der Waals surface area contributed by atoms with Gasteiger partial charge in [0, 0.05) is 0 Å². The van der Waals surface area contributed by atoms with Crippen LogP contribution in [0.4, 0.5) is 0 Å². The molecule has 0 nitrogen and oxygen atoms in total. The maximum atomic E-state index is 2.32. The Morgan fingerprint density at radius 2 is 2.00 bits per heavy atom. The van der Waals surface area contributed by atoms with Gasteiger partial charge < -0.3 is 0 Å². The molecule has 0 aromatic heterocycles. The van der Waals surface area contributed by atoms with Crippen molar-refractivity contribution in [3.63, 3.8) is 0 Å². The van der Waals surface area contributed by atoms with E-state index in [2.05, 4.69) is 20.8 Å². The van der Waals surface area contributed by atoms with Gasteiger partial charge in [0.25, 0.3) is 0 Å². The van der Waals surface area contributed by atoms with Crippen molar-refractivity contribution in [2.75, 3.05) is 0 Å². The zero-order chi connectivity index (χ0) is 6.41. The molecule has 0 rings (SSSR count). The second kappa shape index (κ2) is 5.65. The summed E-state index contributed by atoms with van der Waals surface area (Å²) in [6.07, 6.45) is 2.81. The third kappa shape index (κ3) is 6.52. The van der Waals surface area contributed by atoms with Crippen molar-refractivity contribution in [1.82, 2.24) is 0 Å². The molecule has 1 heteroatoms. The Morgan fingerprint density at radius 3 is 2.38 bits per heavy atom. The van der Waals surface area contributed by atoms with Crippen molar-refractivity contribution >= 4 is 15.0 Å². The van der Waals surface area contributed by atoms with Crippen molar-refractivity contribution in [3.8, 4) is 0 Å². The van der Waals surface area contributed by atoms with Gasteiger partial charge in [0.15, 0.2) is 0 Å². The zero-order valence-corrected chi connectivity index (χ0v) is 7.82.